The molecule has 2 nitrogen and oxygen atoms in total. The molecule has 3 rings (SSSR count). The monoisotopic (exact) mass is 294 g/mol. The van der Waals surface area contributed by atoms with Crippen LogP contribution in [0, 0.1) is 5.82 Å². The molecule has 0 atom stereocenters. The van der Waals surface area contributed by atoms with Crippen LogP contribution in [-0.2, 0) is 6.61 Å². The van der Waals surface area contributed by atoms with E-state index in [4.69, 9.17) is 4.74 Å². The first kappa shape index (κ1) is 14.1. The van der Waals surface area contributed by atoms with Gasteiger partial charge in [-0.3, -0.25) is 0 Å². The summed E-state index contributed by atoms with van der Waals surface area (Å²) in [5.41, 5.74) is 2.11. The van der Waals surface area contributed by atoms with Gasteiger partial charge in [0.1, 0.15) is 23.9 Å². The number of halogens is 1. The third-order valence-electron chi connectivity index (χ3n) is 3.37. The van der Waals surface area contributed by atoms with E-state index in [9.17, 15) is 9.50 Å². The Hall–Kier alpha value is -2.81. The molecule has 0 saturated carbocycles. The molecule has 0 bridgehead atoms. The normalized spacial score (nSPS) is 10.4. The van der Waals surface area contributed by atoms with Crippen molar-refractivity contribution in [2.24, 2.45) is 0 Å². The van der Waals surface area contributed by atoms with Crippen molar-refractivity contribution in [3.8, 4) is 22.6 Å². The zero-order valence-electron chi connectivity index (χ0n) is 11.9. The van der Waals surface area contributed by atoms with Crippen molar-refractivity contribution in [3.05, 3.63) is 84.2 Å². The van der Waals surface area contributed by atoms with Crippen molar-refractivity contribution in [1.29, 1.82) is 0 Å². The average molecular weight is 294 g/mol. The fourth-order valence-electron chi connectivity index (χ4n) is 2.27. The number of hydrogen-bond donors (Lipinski definition) is 1. The molecular formula is C19H15FO2. The molecule has 0 radical (unpaired) electrons. The van der Waals surface area contributed by atoms with Gasteiger partial charge in [0.05, 0.1) is 0 Å². The first-order chi connectivity index (χ1) is 10.7. The lowest BCUT2D eigenvalue weighted by atomic mass is 10.0. The highest BCUT2D eigenvalue weighted by molar-refractivity contribution is 5.71. The molecule has 0 heterocycles. The highest BCUT2D eigenvalue weighted by Crippen LogP contribution is 2.33. The maximum atomic E-state index is 14.1. The summed E-state index contributed by atoms with van der Waals surface area (Å²) >= 11 is 0. The van der Waals surface area contributed by atoms with E-state index in [1.165, 1.54) is 6.07 Å². The summed E-state index contributed by atoms with van der Waals surface area (Å²) in [5, 5.41) is 9.33. The number of phenolic OH excluding ortho intramolecular Hbond substituents is 1. The molecule has 3 heteroatoms. The third-order valence-corrected chi connectivity index (χ3v) is 3.37. The zero-order valence-corrected chi connectivity index (χ0v) is 11.9. The van der Waals surface area contributed by atoms with Gasteiger partial charge in [-0.1, -0.05) is 48.5 Å². The highest BCUT2D eigenvalue weighted by Gasteiger charge is 2.11. The minimum Gasteiger partial charge on any atom is -0.508 e. The van der Waals surface area contributed by atoms with Gasteiger partial charge in [0.15, 0.2) is 0 Å². The second-order valence-corrected chi connectivity index (χ2v) is 4.93. The van der Waals surface area contributed by atoms with Gasteiger partial charge < -0.3 is 9.84 Å². The molecule has 3 aromatic rings. The summed E-state index contributed by atoms with van der Waals surface area (Å²) < 4.78 is 19.9. The average Bonchev–Trinajstić information content (AvgIpc) is 2.54. The van der Waals surface area contributed by atoms with E-state index in [1.807, 2.05) is 48.5 Å². The van der Waals surface area contributed by atoms with Crippen LogP contribution in [-0.4, -0.2) is 5.11 Å². The van der Waals surface area contributed by atoms with Crippen molar-refractivity contribution in [2.75, 3.05) is 0 Å². The van der Waals surface area contributed by atoms with Crippen molar-refractivity contribution >= 4 is 0 Å². The quantitative estimate of drug-likeness (QED) is 0.750. The van der Waals surface area contributed by atoms with Crippen LogP contribution in [0.25, 0.3) is 11.1 Å². The number of ether oxygens (including phenoxy) is 1. The number of aromatic hydroxyl groups is 1. The van der Waals surface area contributed by atoms with Crippen LogP contribution < -0.4 is 4.74 Å². The Morgan fingerprint density at radius 2 is 1.55 bits per heavy atom. The number of para-hydroxylation sites is 1. The SMILES string of the molecule is Oc1ccc(-c2ccccc2OCc2ccccc2)c(F)c1. The summed E-state index contributed by atoms with van der Waals surface area (Å²) in [6.07, 6.45) is 0. The van der Waals surface area contributed by atoms with E-state index in [2.05, 4.69) is 0 Å². The fourth-order valence-corrected chi connectivity index (χ4v) is 2.27. The summed E-state index contributed by atoms with van der Waals surface area (Å²) in [6, 6.07) is 21.2. The molecule has 0 aliphatic heterocycles. The Morgan fingerprint density at radius 1 is 0.818 bits per heavy atom. The van der Waals surface area contributed by atoms with Crippen LogP contribution in [0.3, 0.4) is 0 Å². The lowest BCUT2D eigenvalue weighted by Gasteiger charge is -2.12. The summed E-state index contributed by atoms with van der Waals surface area (Å²) in [4.78, 5) is 0. The van der Waals surface area contributed by atoms with Crippen LogP contribution >= 0.6 is 0 Å². The third kappa shape index (κ3) is 3.09. The van der Waals surface area contributed by atoms with Crippen LogP contribution in [0.1, 0.15) is 5.56 Å². The fraction of sp³-hybridized carbons (Fsp3) is 0.0526. The predicted molar refractivity (Wildman–Crippen MR) is 84.3 cm³/mol. The Balaban J connectivity index is 1.90. The van der Waals surface area contributed by atoms with Gasteiger partial charge in [-0.05, 0) is 23.8 Å². The topological polar surface area (TPSA) is 29.5 Å². The lowest BCUT2D eigenvalue weighted by Crippen LogP contribution is -1.97. The molecule has 0 fully saturated rings. The minimum atomic E-state index is -0.476. The number of hydrogen-bond acceptors (Lipinski definition) is 2. The van der Waals surface area contributed by atoms with E-state index in [-0.39, 0.29) is 5.75 Å². The largest absolute Gasteiger partial charge is 0.508 e. The second-order valence-electron chi connectivity index (χ2n) is 4.93. The first-order valence-electron chi connectivity index (χ1n) is 6.99. The van der Waals surface area contributed by atoms with E-state index < -0.39 is 5.82 Å². The van der Waals surface area contributed by atoms with Crippen LogP contribution in [0.2, 0.25) is 0 Å². The van der Waals surface area contributed by atoms with Gasteiger partial charge >= 0.3 is 0 Å². The van der Waals surface area contributed by atoms with E-state index in [0.717, 1.165) is 11.6 Å². The summed E-state index contributed by atoms with van der Waals surface area (Å²) in [5.74, 6) is 0.0376. The summed E-state index contributed by atoms with van der Waals surface area (Å²) in [6.45, 7) is 0.414. The number of rotatable bonds is 4. The van der Waals surface area contributed by atoms with Gasteiger partial charge in [-0.2, -0.15) is 0 Å². The molecule has 0 spiro atoms. The lowest BCUT2D eigenvalue weighted by molar-refractivity contribution is 0.307. The Morgan fingerprint density at radius 3 is 2.32 bits per heavy atom. The van der Waals surface area contributed by atoms with E-state index >= 15 is 0 Å². The molecular weight excluding hydrogens is 279 g/mol. The Labute approximate surface area is 128 Å². The predicted octanol–water partition coefficient (Wildman–Crippen LogP) is 4.78. The maximum absolute atomic E-state index is 14.1. The molecule has 3 aromatic carbocycles. The van der Waals surface area contributed by atoms with Gasteiger partial charge in [0, 0.05) is 17.2 Å². The zero-order chi connectivity index (χ0) is 15.4. The van der Waals surface area contributed by atoms with Crippen LogP contribution in [0.5, 0.6) is 11.5 Å². The van der Waals surface area contributed by atoms with Crippen molar-refractivity contribution in [3.63, 3.8) is 0 Å². The highest BCUT2D eigenvalue weighted by atomic mass is 19.1. The van der Waals surface area contributed by atoms with E-state index in [0.29, 0.717) is 23.5 Å². The van der Waals surface area contributed by atoms with Crippen LogP contribution in [0.4, 0.5) is 4.39 Å². The van der Waals surface area contributed by atoms with Gasteiger partial charge in [0.2, 0.25) is 0 Å². The van der Waals surface area contributed by atoms with Crippen LogP contribution in [0.15, 0.2) is 72.8 Å². The van der Waals surface area contributed by atoms with Gasteiger partial charge in [-0.25, -0.2) is 4.39 Å². The Kier molecular flexibility index (Phi) is 4.05. The van der Waals surface area contributed by atoms with E-state index in [1.54, 1.807) is 12.1 Å². The molecule has 0 aliphatic rings. The second kappa shape index (κ2) is 6.31. The number of benzene rings is 3. The molecule has 110 valence electrons. The standard InChI is InChI=1S/C19H15FO2/c20-18-12-15(21)10-11-16(18)17-8-4-5-9-19(17)22-13-14-6-2-1-3-7-14/h1-12,21H,13H2. The Bertz CT molecular complexity index is 769. The summed E-state index contributed by atoms with van der Waals surface area (Å²) in [7, 11) is 0. The molecule has 0 saturated heterocycles. The first-order valence-corrected chi connectivity index (χ1v) is 6.99. The van der Waals surface area contributed by atoms with Gasteiger partial charge in [0.25, 0.3) is 0 Å². The molecule has 0 unspecified atom stereocenters. The molecule has 0 aliphatic carbocycles. The van der Waals surface area contributed by atoms with Crippen molar-refractivity contribution < 1.29 is 14.2 Å². The van der Waals surface area contributed by atoms with Crippen molar-refractivity contribution in [2.45, 2.75) is 6.61 Å². The number of phenols is 1. The molecule has 1 N–H and O–H groups in total. The maximum Gasteiger partial charge on any atom is 0.134 e. The molecule has 22 heavy (non-hydrogen) atoms. The minimum absolute atomic E-state index is 0.0936. The van der Waals surface area contributed by atoms with Crippen molar-refractivity contribution in [1.82, 2.24) is 0 Å². The molecule has 0 amide bonds. The van der Waals surface area contributed by atoms with Gasteiger partial charge in [-0.15, -0.1) is 0 Å². The molecule has 0 aromatic heterocycles. The smallest absolute Gasteiger partial charge is 0.134 e.